The van der Waals surface area contributed by atoms with Crippen molar-refractivity contribution in [1.82, 2.24) is 0 Å². The van der Waals surface area contributed by atoms with E-state index < -0.39 is 0 Å². The van der Waals surface area contributed by atoms with Crippen LogP contribution in [-0.2, 0) is 0 Å². The van der Waals surface area contributed by atoms with Gasteiger partial charge in [-0.25, -0.2) is 0 Å². The minimum Gasteiger partial charge on any atom is -0.289 e. The molecule has 0 fully saturated rings. The number of hydrogen-bond donors (Lipinski definition) is 0. The van der Waals surface area contributed by atoms with Gasteiger partial charge in [0.05, 0.1) is 15.3 Å². The van der Waals surface area contributed by atoms with Gasteiger partial charge in [-0.3, -0.25) is 9.59 Å². The molecule has 0 saturated heterocycles. The zero-order chi connectivity index (χ0) is 17.4. The molecule has 0 radical (unpaired) electrons. The van der Waals surface area contributed by atoms with Gasteiger partial charge in [0.2, 0.25) is 0 Å². The molecule has 3 aromatic rings. The monoisotopic (exact) mass is 364 g/mol. The first kappa shape index (κ1) is 16.3. The third-order valence-electron chi connectivity index (χ3n) is 4.22. The van der Waals surface area contributed by atoms with E-state index in [4.69, 9.17) is 0 Å². The van der Waals surface area contributed by atoms with Gasteiger partial charge in [0.15, 0.2) is 11.6 Å². The zero-order valence-corrected chi connectivity index (χ0v) is 15.4. The summed E-state index contributed by atoms with van der Waals surface area (Å²) < 4.78 is 0.962. The van der Waals surface area contributed by atoms with Gasteiger partial charge in [0.1, 0.15) is 0 Å². The molecule has 0 N–H and O–H groups in total. The molecule has 1 aliphatic rings. The van der Waals surface area contributed by atoms with Crippen LogP contribution in [-0.4, -0.2) is 17.3 Å². The molecule has 0 spiro atoms. The highest BCUT2D eigenvalue weighted by Gasteiger charge is 2.36. The standard InChI is InChI=1S/C21H16O2S2/c1-2-12-24-21-17(18(22)13-8-4-3-5-9-13)16-19(23)14-10-6-7-11-15(14)20(16)25-21/h3-11H,2,12H2,1H3. The number of benzene rings is 2. The van der Waals surface area contributed by atoms with Crippen molar-refractivity contribution in [2.24, 2.45) is 0 Å². The highest BCUT2D eigenvalue weighted by Crippen LogP contribution is 2.48. The topological polar surface area (TPSA) is 34.1 Å². The molecule has 4 rings (SSSR count). The minimum absolute atomic E-state index is 0.0236. The Labute approximate surface area is 154 Å². The van der Waals surface area contributed by atoms with Gasteiger partial charge in [-0.2, -0.15) is 0 Å². The highest BCUT2D eigenvalue weighted by atomic mass is 32.2. The van der Waals surface area contributed by atoms with Crippen molar-refractivity contribution in [3.05, 3.63) is 76.9 Å². The van der Waals surface area contributed by atoms with Crippen molar-refractivity contribution in [2.75, 3.05) is 5.75 Å². The van der Waals surface area contributed by atoms with Gasteiger partial charge in [-0.05, 0) is 12.2 Å². The normalized spacial score (nSPS) is 12.1. The Balaban J connectivity index is 1.90. The van der Waals surface area contributed by atoms with Crippen LogP contribution in [0.25, 0.3) is 10.4 Å². The van der Waals surface area contributed by atoms with Gasteiger partial charge in [0.25, 0.3) is 0 Å². The largest absolute Gasteiger partial charge is 0.289 e. The molecule has 0 saturated carbocycles. The molecule has 4 heteroatoms. The molecule has 0 atom stereocenters. The van der Waals surface area contributed by atoms with Crippen LogP contribution < -0.4 is 0 Å². The molecule has 0 bridgehead atoms. The SMILES string of the molecule is CCCSc1sc2c(c1C(=O)c1ccccc1)C(=O)c1ccccc1-2. The van der Waals surface area contributed by atoms with E-state index in [0.717, 1.165) is 26.8 Å². The zero-order valence-electron chi connectivity index (χ0n) is 13.7. The molecule has 1 aliphatic carbocycles. The first-order valence-electron chi connectivity index (χ1n) is 8.25. The Kier molecular flexibility index (Phi) is 4.32. The fourth-order valence-corrected chi connectivity index (χ4v) is 5.60. The van der Waals surface area contributed by atoms with Crippen LogP contribution in [0.5, 0.6) is 0 Å². The van der Waals surface area contributed by atoms with E-state index in [2.05, 4.69) is 6.92 Å². The summed E-state index contributed by atoms with van der Waals surface area (Å²) in [6, 6.07) is 16.9. The molecule has 2 aromatic carbocycles. The Bertz CT molecular complexity index is 971. The lowest BCUT2D eigenvalue weighted by atomic mass is 10.00. The first-order chi connectivity index (χ1) is 12.2. The summed E-state index contributed by atoms with van der Waals surface area (Å²) in [6.07, 6.45) is 1.02. The third kappa shape index (κ3) is 2.66. The minimum atomic E-state index is -0.0575. The smallest absolute Gasteiger partial charge is 0.195 e. The molecular weight excluding hydrogens is 348 g/mol. The van der Waals surface area contributed by atoms with Crippen molar-refractivity contribution in [2.45, 2.75) is 17.6 Å². The maximum Gasteiger partial charge on any atom is 0.195 e. The van der Waals surface area contributed by atoms with Crippen molar-refractivity contribution in [3.63, 3.8) is 0 Å². The average Bonchev–Trinajstić information content (AvgIpc) is 3.16. The number of thioether (sulfide) groups is 1. The Morgan fingerprint density at radius 2 is 1.68 bits per heavy atom. The van der Waals surface area contributed by atoms with Crippen LogP contribution in [0.2, 0.25) is 0 Å². The van der Waals surface area contributed by atoms with Gasteiger partial charge >= 0.3 is 0 Å². The predicted molar refractivity (Wildman–Crippen MR) is 104 cm³/mol. The quantitative estimate of drug-likeness (QED) is 0.337. The number of hydrogen-bond acceptors (Lipinski definition) is 4. The molecule has 25 heavy (non-hydrogen) atoms. The molecule has 124 valence electrons. The van der Waals surface area contributed by atoms with Crippen LogP contribution in [0.4, 0.5) is 0 Å². The van der Waals surface area contributed by atoms with Gasteiger partial charge in [0, 0.05) is 21.6 Å². The molecule has 2 nitrogen and oxygen atoms in total. The van der Waals surface area contributed by atoms with Gasteiger partial charge in [-0.1, -0.05) is 61.5 Å². The summed E-state index contributed by atoms with van der Waals surface area (Å²) in [7, 11) is 0. The second kappa shape index (κ2) is 6.62. The second-order valence-corrected chi connectivity index (χ2v) is 8.27. The summed E-state index contributed by atoms with van der Waals surface area (Å²) in [4.78, 5) is 27.1. The lowest BCUT2D eigenvalue weighted by molar-refractivity contribution is 0.100. The van der Waals surface area contributed by atoms with E-state index in [1.54, 1.807) is 23.1 Å². The number of fused-ring (bicyclic) bond motifs is 3. The lowest BCUT2D eigenvalue weighted by Gasteiger charge is -2.05. The summed E-state index contributed by atoms with van der Waals surface area (Å²) in [5, 5.41) is 0. The fraction of sp³-hybridized carbons (Fsp3) is 0.143. The maximum absolute atomic E-state index is 13.2. The van der Waals surface area contributed by atoms with E-state index >= 15 is 0 Å². The Morgan fingerprint density at radius 3 is 2.40 bits per heavy atom. The molecule has 1 aromatic heterocycles. The molecule has 0 amide bonds. The first-order valence-corrected chi connectivity index (χ1v) is 10.1. The average molecular weight is 364 g/mol. The number of thiophene rings is 1. The lowest BCUT2D eigenvalue weighted by Crippen LogP contribution is -2.08. The van der Waals surface area contributed by atoms with Crippen LogP contribution in [0.15, 0.2) is 58.8 Å². The van der Waals surface area contributed by atoms with E-state index in [1.165, 1.54) is 0 Å². The van der Waals surface area contributed by atoms with Crippen LogP contribution in [0, 0.1) is 0 Å². The Hall–Kier alpha value is -2.17. The van der Waals surface area contributed by atoms with Crippen LogP contribution in [0.3, 0.4) is 0 Å². The molecular formula is C21H16O2S2. The summed E-state index contributed by atoms with van der Waals surface area (Å²) in [5.74, 6) is 0.854. The highest BCUT2D eigenvalue weighted by molar-refractivity contribution is 8.01. The van der Waals surface area contributed by atoms with Crippen LogP contribution in [0.1, 0.15) is 45.2 Å². The third-order valence-corrected chi connectivity index (χ3v) is 6.92. The second-order valence-electron chi connectivity index (χ2n) is 5.89. The van der Waals surface area contributed by atoms with E-state index in [0.29, 0.717) is 22.3 Å². The Morgan fingerprint density at radius 1 is 1.00 bits per heavy atom. The van der Waals surface area contributed by atoms with Crippen molar-refractivity contribution in [3.8, 4) is 10.4 Å². The van der Waals surface area contributed by atoms with Gasteiger partial charge in [-0.15, -0.1) is 23.1 Å². The molecule has 0 unspecified atom stereocenters. The van der Waals surface area contributed by atoms with E-state index in [9.17, 15) is 9.59 Å². The summed E-state index contributed by atoms with van der Waals surface area (Å²) in [5.41, 5.74) is 3.48. The van der Waals surface area contributed by atoms with Crippen molar-refractivity contribution < 1.29 is 9.59 Å². The van der Waals surface area contributed by atoms with Crippen molar-refractivity contribution in [1.29, 1.82) is 0 Å². The van der Waals surface area contributed by atoms with E-state index in [1.807, 2.05) is 54.6 Å². The predicted octanol–water partition coefficient (Wildman–Crippen LogP) is 5.69. The van der Waals surface area contributed by atoms with Crippen LogP contribution >= 0.6 is 23.1 Å². The maximum atomic E-state index is 13.2. The number of ketones is 2. The summed E-state index contributed by atoms with van der Waals surface area (Å²) in [6.45, 7) is 2.12. The van der Waals surface area contributed by atoms with E-state index in [-0.39, 0.29) is 11.6 Å². The molecule has 0 aliphatic heterocycles. The van der Waals surface area contributed by atoms with Gasteiger partial charge < -0.3 is 0 Å². The molecule has 1 heterocycles. The number of carbonyl (C=O) groups is 2. The van der Waals surface area contributed by atoms with Crippen molar-refractivity contribution >= 4 is 34.7 Å². The fourth-order valence-electron chi connectivity index (χ4n) is 3.07. The summed E-state index contributed by atoms with van der Waals surface area (Å²) >= 11 is 3.26. The number of rotatable bonds is 5. The number of carbonyl (C=O) groups excluding carboxylic acids is 2.